The Hall–Kier alpha value is -1.40. The number of nitrogens with zero attached hydrogens (tertiary/aromatic N) is 3. The van der Waals surface area contributed by atoms with Crippen LogP contribution in [-0.2, 0) is 11.2 Å². The van der Waals surface area contributed by atoms with Crippen LogP contribution in [0.25, 0.3) is 0 Å². The third-order valence-electron chi connectivity index (χ3n) is 2.55. The summed E-state index contributed by atoms with van der Waals surface area (Å²) in [5, 5.41) is 0. The van der Waals surface area contributed by atoms with Crippen LogP contribution in [0.1, 0.15) is 26.1 Å². The summed E-state index contributed by atoms with van der Waals surface area (Å²) in [5.74, 6) is 7.74. The normalized spacial score (nSPS) is 10.4. The van der Waals surface area contributed by atoms with Crippen LogP contribution < -0.4 is 16.2 Å². The maximum atomic E-state index is 5.42. The van der Waals surface area contributed by atoms with E-state index in [1.807, 2.05) is 24.9 Å². The van der Waals surface area contributed by atoms with Gasteiger partial charge in [0.15, 0.2) is 0 Å². The minimum Gasteiger partial charge on any atom is -0.380 e. The molecule has 0 radical (unpaired) electrons. The van der Waals surface area contributed by atoms with Crippen molar-refractivity contribution in [3.8, 4) is 0 Å². The average molecular weight is 253 g/mol. The minimum atomic E-state index is 0.645. The van der Waals surface area contributed by atoms with Crippen molar-refractivity contribution in [3.05, 3.63) is 11.9 Å². The third kappa shape index (κ3) is 4.46. The fourth-order valence-electron chi connectivity index (χ4n) is 1.55. The summed E-state index contributed by atoms with van der Waals surface area (Å²) in [7, 11) is 1.98. The molecule has 1 aromatic heterocycles. The second kappa shape index (κ2) is 7.84. The summed E-state index contributed by atoms with van der Waals surface area (Å²) in [5.41, 5.74) is 2.58. The Bertz CT molecular complexity index is 358. The van der Waals surface area contributed by atoms with Crippen LogP contribution in [0.15, 0.2) is 6.07 Å². The van der Waals surface area contributed by atoms with Gasteiger partial charge >= 0.3 is 0 Å². The highest BCUT2D eigenvalue weighted by atomic mass is 16.5. The van der Waals surface area contributed by atoms with Gasteiger partial charge in [0, 0.05) is 32.7 Å². The number of nitrogens with one attached hydrogen (secondary N) is 1. The lowest BCUT2D eigenvalue weighted by atomic mass is 10.3. The second-order valence-electron chi connectivity index (χ2n) is 4.04. The van der Waals surface area contributed by atoms with Crippen LogP contribution in [0.5, 0.6) is 0 Å². The zero-order valence-corrected chi connectivity index (χ0v) is 11.4. The standard InChI is InChI=1S/C12H23N5O/c1-4-6-10-14-11(16-13)9-12(15-10)17(3)7-8-18-5-2/h9H,4-8,13H2,1-3H3,(H,14,15,16). The molecule has 0 spiro atoms. The van der Waals surface area contributed by atoms with Crippen LogP contribution >= 0.6 is 0 Å². The van der Waals surface area contributed by atoms with Crippen LogP contribution in [0, 0.1) is 0 Å². The lowest BCUT2D eigenvalue weighted by molar-refractivity contribution is 0.154. The molecule has 0 unspecified atom stereocenters. The van der Waals surface area contributed by atoms with E-state index in [1.54, 1.807) is 0 Å². The van der Waals surface area contributed by atoms with Gasteiger partial charge in [-0.3, -0.25) is 0 Å². The van der Waals surface area contributed by atoms with Gasteiger partial charge in [0.25, 0.3) is 0 Å². The van der Waals surface area contributed by atoms with E-state index in [0.717, 1.165) is 37.6 Å². The molecule has 102 valence electrons. The third-order valence-corrected chi connectivity index (χ3v) is 2.55. The van der Waals surface area contributed by atoms with Gasteiger partial charge in [-0.05, 0) is 13.3 Å². The van der Waals surface area contributed by atoms with Crippen molar-refractivity contribution in [1.29, 1.82) is 0 Å². The molecule has 0 atom stereocenters. The molecule has 0 saturated heterocycles. The molecule has 0 bridgehead atoms. The number of hydrogen-bond donors (Lipinski definition) is 2. The molecule has 0 saturated carbocycles. The van der Waals surface area contributed by atoms with Gasteiger partial charge < -0.3 is 15.1 Å². The Morgan fingerprint density at radius 1 is 1.39 bits per heavy atom. The summed E-state index contributed by atoms with van der Waals surface area (Å²) >= 11 is 0. The van der Waals surface area contributed by atoms with Crippen molar-refractivity contribution in [3.63, 3.8) is 0 Å². The summed E-state index contributed by atoms with van der Waals surface area (Å²) in [6.45, 7) is 6.30. The van der Waals surface area contributed by atoms with Crippen LogP contribution in [0.3, 0.4) is 0 Å². The smallest absolute Gasteiger partial charge is 0.145 e. The number of aromatic nitrogens is 2. The van der Waals surface area contributed by atoms with E-state index in [-0.39, 0.29) is 0 Å². The van der Waals surface area contributed by atoms with Gasteiger partial charge in [0.2, 0.25) is 0 Å². The fraction of sp³-hybridized carbons (Fsp3) is 0.667. The molecule has 3 N–H and O–H groups in total. The molecule has 0 aliphatic rings. The van der Waals surface area contributed by atoms with Gasteiger partial charge in [0.1, 0.15) is 17.5 Å². The number of aryl methyl sites for hydroxylation is 1. The summed E-state index contributed by atoms with van der Waals surface area (Å²) < 4.78 is 5.33. The van der Waals surface area contributed by atoms with E-state index in [4.69, 9.17) is 10.6 Å². The maximum absolute atomic E-state index is 5.42. The van der Waals surface area contributed by atoms with E-state index in [0.29, 0.717) is 12.4 Å². The molecule has 0 aliphatic heterocycles. The topological polar surface area (TPSA) is 76.3 Å². The molecular weight excluding hydrogens is 230 g/mol. The quantitative estimate of drug-likeness (QED) is 0.412. The monoisotopic (exact) mass is 253 g/mol. The van der Waals surface area contributed by atoms with Gasteiger partial charge in [-0.1, -0.05) is 6.92 Å². The highest BCUT2D eigenvalue weighted by Gasteiger charge is 2.07. The van der Waals surface area contributed by atoms with E-state index in [2.05, 4.69) is 22.3 Å². The lowest BCUT2D eigenvalue weighted by Crippen LogP contribution is -2.24. The van der Waals surface area contributed by atoms with Crippen LogP contribution in [0.4, 0.5) is 11.6 Å². The number of hydrazine groups is 1. The summed E-state index contributed by atoms with van der Waals surface area (Å²) in [4.78, 5) is 10.9. The number of anilines is 2. The highest BCUT2D eigenvalue weighted by molar-refractivity contribution is 5.48. The average Bonchev–Trinajstić information content (AvgIpc) is 2.39. The highest BCUT2D eigenvalue weighted by Crippen LogP contribution is 2.14. The molecular formula is C12H23N5O. The van der Waals surface area contributed by atoms with Gasteiger partial charge in [-0.2, -0.15) is 0 Å². The van der Waals surface area contributed by atoms with Crippen molar-refractivity contribution in [2.75, 3.05) is 37.1 Å². The molecule has 1 aromatic rings. The van der Waals surface area contributed by atoms with Crippen LogP contribution in [-0.4, -0.2) is 36.8 Å². The number of hydrogen-bond acceptors (Lipinski definition) is 6. The number of rotatable bonds is 8. The lowest BCUT2D eigenvalue weighted by Gasteiger charge is -2.19. The molecule has 6 nitrogen and oxygen atoms in total. The first kappa shape index (κ1) is 14.7. The van der Waals surface area contributed by atoms with Crippen molar-refractivity contribution >= 4 is 11.6 Å². The molecule has 0 amide bonds. The first-order valence-corrected chi connectivity index (χ1v) is 6.34. The van der Waals surface area contributed by atoms with Gasteiger partial charge in [-0.25, -0.2) is 15.8 Å². The predicted molar refractivity (Wildman–Crippen MR) is 73.6 cm³/mol. The summed E-state index contributed by atoms with van der Waals surface area (Å²) in [6.07, 6.45) is 1.86. The predicted octanol–water partition coefficient (Wildman–Crippen LogP) is 1.19. The number of likely N-dealkylation sites (N-methyl/N-ethyl adjacent to an activating group) is 1. The Labute approximate surface area is 109 Å². The molecule has 0 aromatic carbocycles. The summed E-state index contributed by atoms with van der Waals surface area (Å²) in [6, 6.07) is 1.84. The largest absolute Gasteiger partial charge is 0.380 e. The van der Waals surface area contributed by atoms with E-state index in [9.17, 15) is 0 Å². The van der Waals surface area contributed by atoms with Crippen molar-refractivity contribution < 1.29 is 4.74 Å². The minimum absolute atomic E-state index is 0.645. The first-order valence-electron chi connectivity index (χ1n) is 6.34. The second-order valence-corrected chi connectivity index (χ2v) is 4.04. The van der Waals surface area contributed by atoms with Crippen molar-refractivity contribution in [2.45, 2.75) is 26.7 Å². The van der Waals surface area contributed by atoms with E-state index < -0.39 is 0 Å². The molecule has 18 heavy (non-hydrogen) atoms. The van der Waals surface area contributed by atoms with Gasteiger partial charge in [0.05, 0.1) is 6.61 Å². The SMILES string of the molecule is CCCc1nc(NN)cc(N(C)CCOCC)n1. The first-order chi connectivity index (χ1) is 8.71. The molecule has 1 heterocycles. The van der Waals surface area contributed by atoms with Crippen molar-refractivity contribution in [2.24, 2.45) is 5.84 Å². The molecule has 0 aliphatic carbocycles. The number of nitrogens with two attached hydrogens (primary N) is 1. The Kier molecular flexibility index (Phi) is 6.38. The maximum Gasteiger partial charge on any atom is 0.145 e. The van der Waals surface area contributed by atoms with Crippen molar-refractivity contribution in [1.82, 2.24) is 9.97 Å². The number of ether oxygens (including phenoxy) is 1. The van der Waals surface area contributed by atoms with Gasteiger partial charge in [-0.15, -0.1) is 0 Å². The fourth-order valence-corrected chi connectivity index (χ4v) is 1.55. The van der Waals surface area contributed by atoms with E-state index in [1.165, 1.54) is 0 Å². The Balaban J connectivity index is 2.75. The zero-order chi connectivity index (χ0) is 13.4. The molecule has 6 heteroatoms. The van der Waals surface area contributed by atoms with E-state index >= 15 is 0 Å². The number of nitrogen functional groups attached to an aromatic ring is 1. The molecule has 0 fully saturated rings. The zero-order valence-electron chi connectivity index (χ0n) is 11.4. The molecule has 1 rings (SSSR count). The Morgan fingerprint density at radius 3 is 2.78 bits per heavy atom. The van der Waals surface area contributed by atoms with Crippen LogP contribution in [0.2, 0.25) is 0 Å². The Morgan fingerprint density at radius 2 is 2.17 bits per heavy atom.